The first kappa shape index (κ1) is 18.1. The van der Waals surface area contributed by atoms with Crippen LogP contribution < -0.4 is 10.1 Å². The lowest BCUT2D eigenvalue weighted by Crippen LogP contribution is -2.23. The van der Waals surface area contributed by atoms with Crippen LogP contribution in [0.1, 0.15) is 13.8 Å². The van der Waals surface area contributed by atoms with Gasteiger partial charge in [-0.3, -0.25) is 9.36 Å². The second-order valence-corrected chi connectivity index (χ2v) is 6.79. The highest BCUT2D eigenvalue weighted by atomic mass is 32.2. The summed E-state index contributed by atoms with van der Waals surface area (Å²) in [7, 11) is 1.57. The van der Waals surface area contributed by atoms with E-state index in [2.05, 4.69) is 15.5 Å². The van der Waals surface area contributed by atoms with Gasteiger partial charge in [-0.05, 0) is 38.1 Å². The third-order valence-corrected chi connectivity index (χ3v) is 4.87. The number of carbonyl (C=O) groups excluding carboxylic acids is 1. The Morgan fingerprint density at radius 1 is 1.31 bits per heavy atom. The molecular formula is C18H20N4O3S. The normalized spacial score (nSPS) is 12.0. The number of anilines is 1. The van der Waals surface area contributed by atoms with Crippen LogP contribution in [0.4, 0.5) is 5.69 Å². The third-order valence-electron chi connectivity index (χ3n) is 3.79. The van der Waals surface area contributed by atoms with Gasteiger partial charge in [-0.15, -0.1) is 10.2 Å². The summed E-state index contributed by atoms with van der Waals surface area (Å²) in [6.45, 7) is 4.50. The topological polar surface area (TPSA) is 82.2 Å². The lowest BCUT2D eigenvalue weighted by Gasteiger charge is -2.14. The van der Waals surface area contributed by atoms with Crippen LogP contribution in [0.3, 0.4) is 0 Å². The van der Waals surface area contributed by atoms with Gasteiger partial charge >= 0.3 is 0 Å². The number of ether oxygens (including phenoxy) is 1. The van der Waals surface area contributed by atoms with Crippen molar-refractivity contribution >= 4 is 23.4 Å². The second-order valence-electron chi connectivity index (χ2n) is 5.48. The van der Waals surface area contributed by atoms with Crippen LogP contribution in [0, 0.1) is 0 Å². The Kier molecular flexibility index (Phi) is 5.62. The van der Waals surface area contributed by atoms with E-state index in [1.165, 1.54) is 11.8 Å². The van der Waals surface area contributed by atoms with Crippen LogP contribution in [0.5, 0.6) is 5.75 Å². The molecule has 0 saturated carbocycles. The first-order valence-electron chi connectivity index (χ1n) is 8.21. The summed E-state index contributed by atoms with van der Waals surface area (Å²) in [5.74, 6) is 1.79. The Labute approximate surface area is 155 Å². The number of amides is 1. The van der Waals surface area contributed by atoms with Gasteiger partial charge in [0.2, 0.25) is 5.91 Å². The maximum Gasteiger partial charge on any atom is 0.237 e. The molecule has 1 unspecified atom stereocenters. The van der Waals surface area contributed by atoms with E-state index in [0.717, 1.165) is 0 Å². The Morgan fingerprint density at radius 2 is 2.12 bits per heavy atom. The molecule has 1 amide bonds. The van der Waals surface area contributed by atoms with E-state index in [9.17, 15) is 4.79 Å². The number of furan rings is 1. The van der Waals surface area contributed by atoms with Gasteiger partial charge in [0, 0.05) is 6.54 Å². The molecule has 3 aromatic rings. The first-order valence-corrected chi connectivity index (χ1v) is 9.09. The largest absolute Gasteiger partial charge is 0.495 e. The summed E-state index contributed by atoms with van der Waals surface area (Å²) in [5.41, 5.74) is 0.640. The number of nitrogens with zero attached hydrogens (tertiary/aromatic N) is 3. The fraction of sp³-hybridized carbons (Fsp3) is 0.278. The quantitative estimate of drug-likeness (QED) is 0.637. The molecule has 0 bridgehead atoms. The number of thioether (sulfide) groups is 1. The average molecular weight is 372 g/mol. The molecule has 2 heterocycles. The molecule has 0 spiro atoms. The van der Waals surface area contributed by atoms with Crippen molar-refractivity contribution in [2.75, 3.05) is 12.4 Å². The van der Waals surface area contributed by atoms with Gasteiger partial charge in [0.15, 0.2) is 16.7 Å². The number of nitrogens with one attached hydrogen (secondary N) is 1. The highest BCUT2D eigenvalue weighted by Gasteiger charge is 2.21. The molecule has 0 aliphatic heterocycles. The van der Waals surface area contributed by atoms with Crippen LogP contribution in [-0.4, -0.2) is 33.0 Å². The minimum absolute atomic E-state index is 0.135. The zero-order chi connectivity index (χ0) is 18.5. The molecule has 136 valence electrons. The molecule has 3 rings (SSSR count). The summed E-state index contributed by atoms with van der Waals surface area (Å²) in [6, 6.07) is 10.9. The van der Waals surface area contributed by atoms with Gasteiger partial charge in [0.25, 0.3) is 0 Å². The fourth-order valence-corrected chi connectivity index (χ4v) is 3.36. The molecule has 0 radical (unpaired) electrons. The molecule has 0 saturated heterocycles. The minimum Gasteiger partial charge on any atom is -0.495 e. The van der Waals surface area contributed by atoms with Crippen molar-refractivity contribution in [3.8, 4) is 17.3 Å². The minimum atomic E-state index is -0.362. The number of methoxy groups -OCH3 is 1. The zero-order valence-corrected chi connectivity index (χ0v) is 15.6. The van der Waals surface area contributed by atoms with E-state index in [1.54, 1.807) is 31.6 Å². The van der Waals surface area contributed by atoms with Gasteiger partial charge in [-0.2, -0.15) is 0 Å². The molecule has 8 heteroatoms. The van der Waals surface area contributed by atoms with Gasteiger partial charge in [0.1, 0.15) is 5.75 Å². The van der Waals surface area contributed by atoms with Crippen molar-refractivity contribution in [2.45, 2.75) is 30.8 Å². The SMILES string of the molecule is CCn1c(SC(C)C(=O)Nc2ccccc2OC)nnc1-c1ccco1. The summed E-state index contributed by atoms with van der Waals surface area (Å²) in [6.07, 6.45) is 1.60. The van der Waals surface area contributed by atoms with Gasteiger partial charge < -0.3 is 14.5 Å². The lowest BCUT2D eigenvalue weighted by molar-refractivity contribution is -0.115. The Hall–Kier alpha value is -2.74. The number of hydrogen-bond donors (Lipinski definition) is 1. The third kappa shape index (κ3) is 3.75. The van der Waals surface area contributed by atoms with Crippen molar-refractivity contribution in [3.05, 3.63) is 42.7 Å². The lowest BCUT2D eigenvalue weighted by atomic mass is 10.3. The number of benzene rings is 1. The monoisotopic (exact) mass is 372 g/mol. The molecule has 26 heavy (non-hydrogen) atoms. The molecule has 7 nitrogen and oxygen atoms in total. The van der Waals surface area contributed by atoms with Crippen molar-refractivity contribution in [1.82, 2.24) is 14.8 Å². The maximum atomic E-state index is 12.6. The molecule has 0 fully saturated rings. The van der Waals surface area contributed by atoms with Gasteiger partial charge in [-0.25, -0.2) is 0 Å². The Morgan fingerprint density at radius 3 is 2.81 bits per heavy atom. The predicted octanol–water partition coefficient (Wildman–Crippen LogP) is 3.69. The second kappa shape index (κ2) is 8.09. The van der Waals surface area contributed by atoms with Crippen LogP contribution >= 0.6 is 11.8 Å². The van der Waals surface area contributed by atoms with Crippen LogP contribution in [-0.2, 0) is 11.3 Å². The van der Waals surface area contributed by atoms with Crippen LogP contribution in [0.2, 0.25) is 0 Å². The zero-order valence-electron chi connectivity index (χ0n) is 14.8. The summed E-state index contributed by atoms with van der Waals surface area (Å²) < 4.78 is 12.6. The van der Waals surface area contributed by atoms with Gasteiger partial charge in [-0.1, -0.05) is 23.9 Å². The van der Waals surface area contributed by atoms with E-state index in [-0.39, 0.29) is 11.2 Å². The highest BCUT2D eigenvalue weighted by Crippen LogP contribution is 2.29. The highest BCUT2D eigenvalue weighted by molar-refractivity contribution is 8.00. The van der Waals surface area contributed by atoms with E-state index in [0.29, 0.717) is 34.7 Å². The van der Waals surface area contributed by atoms with Crippen LogP contribution in [0.25, 0.3) is 11.6 Å². The smallest absolute Gasteiger partial charge is 0.237 e. The number of rotatable bonds is 7. The Balaban J connectivity index is 1.73. The number of carbonyl (C=O) groups is 1. The van der Waals surface area contributed by atoms with Crippen molar-refractivity contribution in [2.24, 2.45) is 0 Å². The van der Waals surface area contributed by atoms with Crippen molar-refractivity contribution < 1.29 is 13.9 Å². The summed E-state index contributed by atoms with van der Waals surface area (Å²) >= 11 is 1.35. The summed E-state index contributed by atoms with van der Waals surface area (Å²) in [4.78, 5) is 12.6. The molecule has 0 aliphatic rings. The van der Waals surface area contributed by atoms with Crippen molar-refractivity contribution in [3.63, 3.8) is 0 Å². The van der Waals surface area contributed by atoms with E-state index in [1.807, 2.05) is 36.6 Å². The average Bonchev–Trinajstić information content (AvgIpc) is 3.31. The maximum absolute atomic E-state index is 12.6. The summed E-state index contributed by atoms with van der Waals surface area (Å²) in [5, 5.41) is 11.6. The number of para-hydroxylation sites is 2. The molecular weight excluding hydrogens is 352 g/mol. The van der Waals surface area contributed by atoms with Crippen LogP contribution in [0.15, 0.2) is 52.2 Å². The first-order chi connectivity index (χ1) is 12.6. The molecule has 1 atom stereocenters. The number of aromatic nitrogens is 3. The van der Waals surface area contributed by atoms with E-state index < -0.39 is 0 Å². The molecule has 2 aromatic heterocycles. The van der Waals surface area contributed by atoms with E-state index in [4.69, 9.17) is 9.15 Å². The van der Waals surface area contributed by atoms with Crippen molar-refractivity contribution in [1.29, 1.82) is 0 Å². The Bertz CT molecular complexity index is 876. The molecule has 0 aliphatic carbocycles. The number of hydrogen-bond acceptors (Lipinski definition) is 6. The predicted molar refractivity (Wildman–Crippen MR) is 100 cm³/mol. The van der Waals surface area contributed by atoms with Gasteiger partial charge in [0.05, 0.1) is 24.3 Å². The fourth-order valence-electron chi connectivity index (χ4n) is 2.44. The van der Waals surface area contributed by atoms with E-state index >= 15 is 0 Å². The molecule has 1 N–H and O–H groups in total. The molecule has 1 aromatic carbocycles. The standard InChI is InChI=1S/C18H20N4O3S/c1-4-22-16(15-10-7-11-25-15)20-21-18(22)26-12(2)17(23)19-13-8-5-6-9-14(13)24-3/h5-12H,4H2,1-3H3,(H,19,23).